The standard InChI is InChI=1S/C22H18BrN5O3/c1-14-21(22(31)27(13-20(29)30)12-15-4-2-6-17(23)10-15)25-26-28(14)19-7-3-5-16-11-24-9-8-18(16)19/h2-11H,12-13H2,1H3,(H,29,30). The third-order valence-corrected chi connectivity index (χ3v) is 5.35. The van der Waals surface area contributed by atoms with Gasteiger partial charge < -0.3 is 10.0 Å². The first-order valence-corrected chi connectivity index (χ1v) is 10.2. The van der Waals surface area contributed by atoms with Crippen molar-refractivity contribution in [3.05, 3.63) is 82.3 Å². The minimum atomic E-state index is -1.10. The number of amides is 1. The normalized spacial score (nSPS) is 10.9. The highest BCUT2D eigenvalue weighted by molar-refractivity contribution is 9.10. The quantitative estimate of drug-likeness (QED) is 0.453. The van der Waals surface area contributed by atoms with Crippen LogP contribution in [0.1, 0.15) is 21.7 Å². The van der Waals surface area contributed by atoms with Crippen molar-refractivity contribution in [3.63, 3.8) is 0 Å². The Hall–Kier alpha value is -3.59. The van der Waals surface area contributed by atoms with E-state index in [-0.39, 0.29) is 12.2 Å². The van der Waals surface area contributed by atoms with Crippen molar-refractivity contribution in [2.75, 3.05) is 6.54 Å². The smallest absolute Gasteiger partial charge is 0.323 e. The van der Waals surface area contributed by atoms with Crippen molar-refractivity contribution in [3.8, 4) is 5.69 Å². The predicted octanol–water partition coefficient (Wildman–Crippen LogP) is 3.61. The van der Waals surface area contributed by atoms with Gasteiger partial charge in [-0.1, -0.05) is 45.4 Å². The van der Waals surface area contributed by atoms with Gasteiger partial charge in [-0.15, -0.1) is 5.10 Å². The zero-order chi connectivity index (χ0) is 22.0. The van der Waals surface area contributed by atoms with Gasteiger partial charge in [0.05, 0.1) is 11.4 Å². The fourth-order valence-electron chi connectivity index (χ4n) is 3.41. The number of benzene rings is 2. The zero-order valence-corrected chi connectivity index (χ0v) is 18.2. The maximum absolute atomic E-state index is 13.2. The zero-order valence-electron chi connectivity index (χ0n) is 16.6. The highest BCUT2D eigenvalue weighted by Gasteiger charge is 2.25. The fraction of sp³-hybridized carbons (Fsp3) is 0.136. The number of aromatic nitrogens is 4. The van der Waals surface area contributed by atoms with Gasteiger partial charge >= 0.3 is 5.97 Å². The first-order valence-electron chi connectivity index (χ1n) is 9.45. The molecule has 0 unspecified atom stereocenters. The summed E-state index contributed by atoms with van der Waals surface area (Å²) in [7, 11) is 0. The van der Waals surface area contributed by atoms with Crippen LogP contribution in [0.15, 0.2) is 65.4 Å². The van der Waals surface area contributed by atoms with Crippen LogP contribution in [-0.4, -0.2) is 48.4 Å². The van der Waals surface area contributed by atoms with Crippen molar-refractivity contribution in [2.24, 2.45) is 0 Å². The van der Waals surface area contributed by atoms with Crippen molar-refractivity contribution in [1.82, 2.24) is 24.9 Å². The topological polar surface area (TPSA) is 101 Å². The van der Waals surface area contributed by atoms with Gasteiger partial charge in [0.15, 0.2) is 5.69 Å². The number of hydrogen-bond donors (Lipinski definition) is 1. The molecule has 0 radical (unpaired) electrons. The molecular formula is C22H18BrN5O3. The summed E-state index contributed by atoms with van der Waals surface area (Å²) in [5.41, 5.74) is 2.21. The average Bonchev–Trinajstić information content (AvgIpc) is 3.13. The number of halogens is 1. The molecule has 0 aliphatic rings. The molecule has 0 aliphatic carbocycles. The van der Waals surface area contributed by atoms with Crippen LogP contribution in [0.5, 0.6) is 0 Å². The number of nitrogens with zero attached hydrogens (tertiary/aromatic N) is 5. The van der Waals surface area contributed by atoms with Gasteiger partial charge in [0.25, 0.3) is 5.91 Å². The van der Waals surface area contributed by atoms with E-state index in [4.69, 9.17) is 0 Å². The van der Waals surface area contributed by atoms with E-state index in [0.717, 1.165) is 26.5 Å². The Morgan fingerprint density at radius 2 is 1.97 bits per heavy atom. The molecule has 1 amide bonds. The van der Waals surface area contributed by atoms with E-state index in [1.54, 1.807) is 24.0 Å². The molecule has 0 saturated carbocycles. The number of fused-ring (bicyclic) bond motifs is 1. The number of carboxylic acid groups (broad SMARTS) is 1. The summed E-state index contributed by atoms with van der Waals surface area (Å²) in [5, 5.41) is 19.5. The van der Waals surface area contributed by atoms with Crippen molar-refractivity contribution >= 4 is 38.6 Å². The van der Waals surface area contributed by atoms with Gasteiger partial charge in [-0.05, 0) is 36.8 Å². The molecule has 0 saturated heterocycles. The molecule has 0 fully saturated rings. The third-order valence-electron chi connectivity index (χ3n) is 4.86. The molecule has 2 heterocycles. The molecule has 1 N–H and O–H groups in total. The maximum atomic E-state index is 13.2. The number of pyridine rings is 1. The molecule has 2 aromatic heterocycles. The third kappa shape index (κ3) is 4.31. The molecule has 4 rings (SSSR count). The summed E-state index contributed by atoms with van der Waals surface area (Å²) < 4.78 is 2.44. The van der Waals surface area contributed by atoms with E-state index >= 15 is 0 Å². The molecule has 156 valence electrons. The number of carboxylic acids is 1. The lowest BCUT2D eigenvalue weighted by molar-refractivity contribution is -0.137. The van der Waals surface area contributed by atoms with Crippen LogP contribution in [0.25, 0.3) is 16.5 Å². The van der Waals surface area contributed by atoms with Gasteiger partial charge in [0.1, 0.15) is 6.54 Å². The Bertz CT molecular complexity index is 1280. The predicted molar refractivity (Wildman–Crippen MR) is 118 cm³/mol. The van der Waals surface area contributed by atoms with Gasteiger partial charge in [-0.25, -0.2) is 4.68 Å². The van der Waals surface area contributed by atoms with Gasteiger partial charge in [-0.2, -0.15) is 0 Å². The summed E-state index contributed by atoms with van der Waals surface area (Å²) in [6.45, 7) is 1.43. The fourth-order valence-corrected chi connectivity index (χ4v) is 3.86. The van der Waals surface area contributed by atoms with Crippen LogP contribution in [-0.2, 0) is 11.3 Å². The summed E-state index contributed by atoms with van der Waals surface area (Å²) in [5.74, 6) is -1.59. The van der Waals surface area contributed by atoms with Crippen LogP contribution in [0.4, 0.5) is 0 Å². The molecule has 2 aromatic carbocycles. The van der Waals surface area contributed by atoms with Crippen molar-refractivity contribution in [2.45, 2.75) is 13.5 Å². The first kappa shape index (κ1) is 20.7. The van der Waals surface area contributed by atoms with Gasteiger partial charge in [0, 0.05) is 34.2 Å². The van der Waals surface area contributed by atoms with Crippen molar-refractivity contribution in [1.29, 1.82) is 0 Å². The van der Waals surface area contributed by atoms with E-state index in [9.17, 15) is 14.7 Å². The lowest BCUT2D eigenvalue weighted by Crippen LogP contribution is -2.35. The molecular weight excluding hydrogens is 462 g/mol. The van der Waals surface area contributed by atoms with E-state index in [2.05, 4.69) is 31.2 Å². The Labute approximate surface area is 186 Å². The Morgan fingerprint density at radius 3 is 2.74 bits per heavy atom. The minimum absolute atomic E-state index is 0.113. The molecule has 0 atom stereocenters. The average molecular weight is 480 g/mol. The summed E-state index contributed by atoms with van der Waals surface area (Å²) in [6.07, 6.45) is 3.44. The number of aliphatic carboxylic acids is 1. The van der Waals surface area contributed by atoms with Crippen molar-refractivity contribution < 1.29 is 14.7 Å². The first-order chi connectivity index (χ1) is 14.9. The molecule has 8 nitrogen and oxygen atoms in total. The second-order valence-electron chi connectivity index (χ2n) is 6.99. The van der Waals surface area contributed by atoms with E-state index in [1.807, 2.05) is 48.5 Å². The molecule has 4 aromatic rings. The summed E-state index contributed by atoms with van der Waals surface area (Å²) in [6, 6.07) is 15.0. The summed E-state index contributed by atoms with van der Waals surface area (Å²) >= 11 is 3.40. The monoisotopic (exact) mass is 479 g/mol. The Morgan fingerprint density at radius 1 is 1.16 bits per heavy atom. The second kappa shape index (κ2) is 8.65. The lowest BCUT2D eigenvalue weighted by atomic mass is 10.1. The van der Waals surface area contributed by atoms with Crippen LogP contribution >= 0.6 is 15.9 Å². The Balaban J connectivity index is 1.70. The van der Waals surface area contributed by atoms with Gasteiger partial charge in [-0.3, -0.25) is 14.6 Å². The second-order valence-corrected chi connectivity index (χ2v) is 7.91. The Kier molecular flexibility index (Phi) is 5.77. The molecule has 9 heteroatoms. The maximum Gasteiger partial charge on any atom is 0.323 e. The molecule has 0 spiro atoms. The number of rotatable bonds is 6. The van der Waals surface area contributed by atoms with Crippen LogP contribution in [0, 0.1) is 6.92 Å². The van der Waals surface area contributed by atoms with Crippen LogP contribution in [0.3, 0.4) is 0 Å². The molecule has 0 bridgehead atoms. The van der Waals surface area contributed by atoms with Crippen LogP contribution < -0.4 is 0 Å². The summed E-state index contributed by atoms with van der Waals surface area (Å²) in [4.78, 5) is 30.0. The minimum Gasteiger partial charge on any atom is -0.480 e. The number of hydrogen-bond acceptors (Lipinski definition) is 5. The van der Waals surface area contributed by atoms with E-state index in [0.29, 0.717) is 5.69 Å². The van der Waals surface area contributed by atoms with E-state index < -0.39 is 18.4 Å². The van der Waals surface area contributed by atoms with Crippen LogP contribution in [0.2, 0.25) is 0 Å². The molecule has 0 aliphatic heterocycles. The molecule has 31 heavy (non-hydrogen) atoms. The largest absolute Gasteiger partial charge is 0.480 e. The number of carbonyl (C=O) groups is 2. The highest BCUT2D eigenvalue weighted by Crippen LogP contribution is 2.23. The number of carbonyl (C=O) groups excluding carboxylic acids is 1. The van der Waals surface area contributed by atoms with Gasteiger partial charge in [0.2, 0.25) is 0 Å². The SMILES string of the molecule is Cc1c(C(=O)N(CC(=O)O)Cc2cccc(Br)c2)nnn1-c1cccc2cnccc12. The lowest BCUT2D eigenvalue weighted by Gasteiger charge is -2.20. The van der Waals surface area contributed by atoms with E-state index in [1.165, 1.54) is 4.90 Å². The highest BCUT2D eigenvalue weighted by atomic mass is 79.9.